The summed E-state index contributed by atoms with van der Waals surface area (Å²) in [5, 5.41) is 11.4. The molecule has 6 aliphatic rings. The molecule has 318 valence electrons. The van der Waals surface area contributed by atoms with E-state index >= 15 is 8.78 Å². The van der Waals surface area contributed by atoms with Gasteiger partial charge in [-0.2, -0.15) is 5.10 Å². The molecule has 10 rings (SSSR count). The van der Waals surface area contributed by atoms with Crippen LogP contribution in [0.5, 0.6) is 0 Å². The first-order valence-electron chi connectivity index (χ1n) is 22.4. The highest BCUT2D eigenvalue weighted by molar-refractivity contribution is 6.16. The van der Waals surface area contributed by atoms with Crippen molar-refractivity contribution in [3.8, 4) is 11.3 Å². The van der Waals surface area contributed by atoms with E-state index < -0.39 is 17.6 Å². The van der Waals surface area contributed by atoms with Crippen molar-refractivity contribution < 1.29 is 8.78 Å². The maximum atomic E-state index is 15.6. The maximum absolute atomic E-state index is 15.6. The summed E-state index contributed by atoms with van der Waals surface area (Å²) < 4.78 is 33.1. The Hall–Kier alpha value is -5.49. The standard InChI is InChI=1S/C49H58F2N10/c1-31-11-13-39(34(4)53-31)47-41(50)26-38(27-42(47)51)58-20-15-36(16-21-58)59-22-23-61(49(30-59)17-18-49)37-12-14-43-46(28-37)60-19-9-7-6-8-10-45-40(29-52-57(45)5)44-25-35(24-32(2)54-44)33(3)55-48(60)56-43/h12,14,24-29,36,39,53H,1,3-4,6-11,13,15-23,30H2,2,5H3,(H,55,56). The van der Waals surface area contributed by atoms with Crippen LogP contribution in [0.1, 0.15) is 92.6 Å². The Bertz CT molecular complexity index is 2420. The lowest BCUT2D eigenvalue weighted by Gasteiger charge is -2.48. The van der Waals surface area contributed by atoms with Gasteiger partial charge in [-0.1, -0.05) is 32.6 Å². The summed E-state index contributed by atoms with van der Waals surface area (Å²) in [6.07, 6.45) is 13.0. The number of rotatable bonds is 4. The number of piperazine rings is 1. The second-order valence-electron chi connectivity index (χ2n) is 18.3. The molecule has 2 aromatic heterocycles. The number of hydrogen-bond acceptors (Lipinski definition) is 9. The Morgan fingerprint density at radius 3 is 2.38 bits per heavy atom. The normalized spacial score (nSPS) is 23.0. The van der Waals surface area contributed by atoms with Crippen LogP contribution in [0.15, 0.2) is 84.8 Å². The molecular formula is C49H58F2N10. The lowest BCUT2D eigenvalue weighted by atomic mass is 9.87. The molecule has 1 spiro atoms. The second-order valence-corrected chi connectivity index (χ2v) is 18.3. The average Bonchev–Trinajstić information content (AvgIpc) is 3.77. The highest BCUT2D eigenvalue weighted by Crippen LogP contribution is 2.49. The molecule has 10 nitrogen and oxygen atoms in total. The van der Waals surface area contributed by atoms with Crippen molar-refractivity contribution in [2.45, 2.75) is 95.1 Å². The first-order valence-corrected chi connectivity index (χ1v) is 22.4. The lowest BCUT2D eigenvalue weighted by molar-refractivity contribution is 0.132. The van der Waals surface area contributed by atoms with Crippen molar-refractivity contribution >= 4 is 34.4 Å². The third-order valence-corrected chi connectivity index (χ3v) is 14.3. The Morgan fingerprint density at radius 1 is 0.820 bits per heavy atom. The summed E-state index contributed by atoms with van der Waals surface area (Å²) in [4.78, 5) is 20.0. The van der Waals surface area contributed by atoms with Gasteiger partial charge in [0.15, 0.2) is 0 Å². The van der Waals surface area contributed by atoms with Gasteiger partial charge in [0.25, 0.3) is 0 Å². The molecule has 1 saturated carbocycles. The molecule has 2 aromatic carbocycles. The Morgan fingerprint density at radius 2 is 1.61 bits per heavy atom. The topological polar surface area (TPSA) is 80.1 Å². The van der Waals surface area contributed by atoms with Crippen LogP contribution in [0.4, 0.5) is 31.5 Å². The van der Waals surface area contributed by atoms with Crippen LogP contribution in [0.3, 0.4) is 0 Å². The van der Waals surface area contributed by atoms with Gasteiger partial charge in [0.2, 0.25) is 5.96 Å². The summed E-state index contributed by atoms with van der Waals surface area (Å²) in [6, 6.07) is 14.6. The largest absolute Gasteiger partial charge is 0.371 e. The minimum atomic E-state index is -0.488. The zero-order valence-corrected chi connectivity index (χ0v) is 35.7. The number of guanidine groups is 1. The van der Waals surface area contributed by atoms with Crippen molar-refractivity contribution in [2.24, 2.45) is 12.0 Å². The number of allylic oxidation sites excluding steroid dienone is 2. The zero-order chi connectivity index (χ0) is 42.0. The van der Waals surface area contributed by atoms with Crippen LogP contribution in [-0.2, 0) is 13.5 Å². The number of halogens is 2. The quantitative estimate of drug-likeness (QED) is 0.211. The lowest BCUT2D eigenvalue weighted by Crippen LogP contribution is -2.59. The molecule has 2 bridgehead atoms. The van der Waals surface area contributed by atoms with E-state index in [1.54, 1.807) is 0 Å². The number of aromatic nitrogens is 3. The number of hydrogen-bond donors (Lipinski definition) is 2. The minimum absolute atomic E-state index is 0.115. The number of aliphatic imine (C=N–C) groups is 1. The molecule has 12 heteroatoms. The van der Waals surface area contributed by atoms with Crippen LogP contribution < -0.4 is 25.3 Å². The zero-order valence-electron chi connectivity index (χ0n) is 35.7. The average molecular weight is 825 g/mol. The fourth-order valence-electron chi connectivity index (χ4n) is 10.7. The third-order valence-electron chi connectivity index (χ3n) is 14.3. The second kappa shape index (κ2) is 15.8. The molecule has 1 aliphatic carbocycles. The first-order chi connectivity index (χ1) is 29.5. The van der Waals surface area contributed by atoms with Gasteiger partial charge in [-0.25, -0.2) is 13.8 Å². The fraction of sp³-hybridized carbons (Fsp3) is 0.449. The number of nitrogens with zero attached hydrogens (tertiary/aromatic N) is 8. The molecule has 4 fully saturated rings. The number of piperidine rings is 2. The van der Waals surface area contributed by atoms with Crippen LogP contribution in [0.25, 0.3) is 17.0 Å². The predicted molar refractivity (Wildman–Crippen MR) is 243 cm³/mol. The van der Waals surface area contributed by atoms with E-state index in [0.717, 1.165) is 124 Å². The molecule has 2 N–H and O–H groups in total. The summed E-state index contributed by atoms with van der Waals surface area (Å²) in [6.45, 7) is 19.9. The Kier molecular flexibility index (Phi) is 10.2. The number of nitrogens with one attached hydrogen (secondary N) is 2. The summed E-state index contributed by atoms with van der Waals surface area (Å²) >= 11 is 0. The highest BCUT2D eigenvalue weighted by atomic mass is 19.1. The summed E-state index contributed by atoms with van der Waals surface area (Å²) in [5.74, 6) is -0.547. The van der Waals surface area contributed by atoms with E-state index in [1.807, 2.05) is 24.9 Å². The van der Waals surface area contributed by atoms with Gasteiger partial charge >= 0.3 is 0 Å². The van der Waals surface area contributed by atoms with Gasteiger partial charge in [0, 0.05) is 109 Å². The number of aryl methyl sites for hydroxylation is 2. The van der Waals surface area contributed by atoms with E-state index in [4.69, 9.17) is 9.98 Å². The predicted octanol–water partition coefficient (Wildman–Crippen LogP) is 9.26. The molecular weight excluding hydrogens is 767 g/mol. The first kappa shape index (κ1) is 39.6. The maximum Gasteiger partial charge on any atom is 0.208 e. The van der Waals surface area contributed by atoms with E-state index in [0.29, 0.717) is 36.0 Å². The highest BCUT2D eigenvalue weighted by Gasteiger charge is 2.52. The third kappa shape index (κ3) is 7.51. The van der Waals surface area contributed by atoms with Gasteiger partial charge in [-0.3, -0.25) is 14.6 Å². The molecule has 4 aromatic rings. The number of anilines is 4. The molecule has 7 heterocycles. The van der Waals surface area contributed by atoms with E-state index in [2.05, 4.69) is 85.4 Å². The van der Waals surface area contributed by atoms with Crippen molar-refractivity contribution in [2.75, 3.05) is 59.3 Å². The fourth-order valence-corrected chi connectivity index (χ4v) is 10.7. The van der Waals surface area contributed by atoms with Gasteiger partial charge < -0.3 is 25.3 Å². The Labute approximate surface area is 358 Å². The van der Waals surface area contributed by atoms with Gasteiger partial charge in [0.05, 0.1) is 34.5 Å². The molecule has 0 radical (unpaired) electrons. The summed E-state index contributed by atoms with van der Waals surface area (Å²) in [7, 11) is 2.03. The molecule has 61 heavy (non-hydrogen) atoms. The minimum Gasteiger partial charge on any atom is -0.371 e. The van der Waals surface area contributed by atoms with Crippen molar-refractivity contribution in [3.63, 3.8) is 0 Å². The number of fused-ring (bicyclic) bond motifs is 7. The molecule has 3 saturated heterocycles. The SMILES string of the molecule is C=C1CCC(c2c(F)cc(N3CCC(N4CCN(c5ccc6c(c5)N5CCCCCCc7c(cnn7C)-c7cc(cc(C)n7)C(=C)/N=C/5N6)C5(CC5)C4)CC3)cc2F)C(=C)N1. The van der Waals surface area contributed by atoms with E-state index in [1.165, 1.54) is 42.0 Å². The molecule has 1 unspecified atom stereocenters. The van der Waals surface area contributed by atoms with Crippen LogP contribution >= 0.6 is 0 Å². The van der Waals surface area contributed by atoms with E-state index in [9.17, 15) is 0 Å². The molecule has 0 amide bonds. The molecule has 5 aliphatic heterocycles. The van der Waals surface area contributed by atoms with Gasteiger partial charge in [-0.05, 0) is 107 Å². The van der Waals surface area contributed by atoms with Gasteiger partial charge in [-0.15, -0.1) is 0 Å². The van der Waals surface area contributed by atoms with Crippen molar-refractivity contribution in [3.05, 3.63) is 114 Å². The number of benzene rings is 2. The summed E-state index contributed by atoms with van der Waals surface area (Å²) in [5.41, 5.74) is 11.7. The van der Waals surface area contributed by atoms with Crippen LogP contribution in [0, 0.1) is 18.6 Å². The van der Waals surface area contributed by atoms with E-state index in [-0.39, 0.29) is 11.1 Å². The van der Waals surface area contributed by atoms with Crippen molar-refractivity contribution in [1.29, 1.82) is 0 Å². The monoisotopic (exact) mass is 824 g/mol. The van der Waals surface area contributed by atoms with Crippen molar-refractivity contribution in [1.82, 2.24) is 25.0 Å². The Balaban J connectivity index is 0.824. The number of pyridine rings is 1. The smallest absolute Gasteiger partial charge is 0.208 e. The van der Waals surface area contributed by atoms with Crippen LogP contribution in [-0.4, -0.2) is 76.5 Å². The van der Waals surface area contributed by atoms with Gasteiger partial charge in [0.1, 0.15) is 11.6 Å². The van der Waals surface area contributed by atoms with Crippen LogP contribution in [0.2, 0.25) is 0 Å². The molecule has 1 atom stereocenters.